The Hall–Kier alpha value is -3.32. The molecule has 0 aliphatic carbocycles. The molecule has 0 amide bonds. The summed E-state index contributed by atoms with van der Waals surface area (Å²) in [5.74, 6) is 0.621. The van der Waals surface area contributed by atoms with Gasteiger partial charge in [-0.1, -0.05) is 30.3 Å². The van der Waals surface area contributed by atoms with Crippen LogP contribution in [0.1, 0.15) is 12.5 Å². The van der Waals surface area contributed by atoms with Crippen molar-refractivity contribution in [2.45, 2.75) is 11.8 Å². The van der Waals surface area contributed by atoms with E-state index in [0.29, 0.717) is 12.4 Å². The average molecular weight is 410 g/mol. The van der Waals surface area contributed by atoms with Crippen LogP contribution in [0.5, 0.6) is 5.75 Å². The van der Waals surface area contributed by atoms with Crippen LogP contribution < -0.4 is 14.5 Å². The molecule has 3 aromatic rings. The standard InChI is InChI=1S/C22H23N3O3S/c1-3-28-21-13-15-22(16-14-21)29(26,27)24-23-17-18-9-11-20(12-10-18)25(2)19-7-5-4-6-8-19/h4-17,24H,3H2,1-2H3/b23-17+. The van der Waals surface area contributed by atoms with Crippen LogP contribution in [0.2, 0.25) is 0 Å². The van der Waals surface area contributed by atoms with E-state index >= 15 is 0 Å². The van der Waals surface area contributed by atoms with Crippen molar-refractivity contribution < 1.29 is 13.2 Å². The van der Waals surface area contributed by atoms with Crippen molar-refractivity contribution in [3.8, 4) is 5.75 Å². The molecule has 29 heavy (non-hydrogen) atoms. The van der Waals surface area contributed by atoms with Gasteiger partial charge in [-0.25, -0.2) is 4.83 Å². The monoisotopic (exact) mass is 409 g/mol. The van der Waals surface area contributed by atoms with Crippen molar-refractivity contribution in [1.29, 1.82) is 0 Å². The number of sulfonamides is 1. The van der Waals surface area contributed by atoms with Gasteiger partial charge in [-0.3, -0.25) is 0 Å². The van der Waals surface area contributed by atoms with E-state index in [4.69, 9.17) is 4.74 Å². The van der Waals surface area contributed by atoms with Crippen LogP contribution in [0.4, 0.5) is 11.4 Å². The van der Waals surface area contributed by atoms with Crippen molar-refractivity contribution in [3.05, 3.63) is 84.4 Å². The highest BCUT2D eigenvalue weighted by atomic mass is 32.2. The van der Waals surface area contributed by atoms with E-state index in [0.717, 1.165) is 16.9 Å². The van der Waals surface area contributed by atoms with Crippen LogP contribution in [0.25, 0.3) is 0 Å². The van der Waals surface area contributed by atoms with Gasteiger partial charge in [0, 0.05) is 18.4 Å². The molecule has 0 atom stereocenters. The minimum Gasteiger partial charge on any atom is -0.494 e. The van der Waals surface area contributed by atoms with Crippen LogP contribution >= 0.6 is 0 Å². The zero-order valence-electron chi connectivity index (χ0n) is 16.3. The molecule has 0 saturated carbocycles. The zero-order chi connectivity index (χ0) is 20.7. The van der Waals surface area contributed by atoms with E-state index in [1.807, 2.05) is 68.6 Å². The molecule has 3 rings (SSSR count). The largest absolute Gasteiger partial charge is 0.494 e. The minimum absolute atomic E-state index is 0.123. The molecule has 6 nitrogen and oxygen atoms in total. The third-order valence-electron chi connectivity index (χ3n) is 4.26. The molecular weight excluding hydrogens is 386 g/mol. The number of rotatable bonds is 8. The van der Waals surface area contributed by atoms with Crippen LogP contribution in [-0.4, -0.2) is 28.3 Å². The normalized spacial score (nSPS) is 11.4. The summed E-state index contributed by atoms with van der Waals surface area (Å²) in [6.45, 7) is 2.39. The van der Waals surface area contributed by atoms with E-state index < -0.39 is 10.0 Å². The quantitative estimate of drug-likeness (QED) is 0.448. The lowest BCUT2D eigenvalue weighted by Crippen LogP contribution is -2.18. The first-order valence-corrected chi connectivity index (χ1v) is 10.6. The first kappa shape index (κ1) is 20.4. The van der Waals surface area contributed by atoms with Gasteiger partial charge in [-0.15, -0.1) is 0 Å². The first-order valence-electron chi connectivity index (χ1n) is 9.16. The Morgan fingerprint density at radius 2 is 1.55 bits per heavy atom. The number of hydrazone groups is 1. The Morgan fingerprint density at radius 1 is 0.931 bits per heavy atom. The molecule has 0 heterocycles. The highest BCUT2D eigenvalue weighted by Crippen LogP contribution is 2.23. The summed E-state index contributed by atoms with van der Waals surface area (Å²) in [5.41, 5.74) is 2.88. The molecule has 0 bridgehead atoms. The summed E-state index contributed by atoms with van der Waals surface area (Å²) in [7, 11) is -1.74. The summed E-state index contributed by atoms with van der Waals surface area (Å²) in [6, 6.07) is 23.9. The van der Waals surface area contributed by atoms with Crippen LogP contribution in [0.3, 0.4) is 0 Å². The third kappa shape index (κ3) is 5.36. The van der Waals surface area contributed by atoms with E-state index in [1.165, 1.54) is 18.3 Å². The summed E-state index contributed by atoms with van der Waals surface area (Å²) in [4.78, 5) is 4.42. The van der Waals surface area contributed by atoms with Gasteiger partial charge in [0.05, 0.1) is 17.7 Å². The summed E-state index contributed by atoms with van der Waals surface area (Å²) in [6.07, 6.45) is 1.47. The molecule has 1 N–H and O–H groups in total. The lowest BCUT2D eigenvalue weighted by molar-refractivity contribution is 0.340. The maximum atomic E-state index is 12.3. The number of hydrogen-bond acceptors (Lipinski definition) is 5. The maximum absolute atomic E-state index is 12.3. The lowest BCUT2D eigenvalue weighted by atomic mass is 10.2. The maximum Gasteiger partial charge on any atom is 0.276 e. The Bertz CT molecular complexity index is 1050. The fraction of sp³-hybridized carbons (Fsp3) is 0.136. The molecular formula is C22H23N3O3S. The second-order valence-electron chi connectivity index (χ2n) is 6.24. The zero-order valence-corrected chi connectivity index (χ0v) is 17.1. The van der Waals surface area contributed by atoms with Crippen molar-refractivity contribution in [2.24, 2.45) is 5.10 Å². The predicted molar refractivity (Wildman–Crippen MR) is 116 cm³/mol. The molecule has 0 aromatic heterocycles. The van der Waals surface area contributed by atoms with E-state index in [-0.39, 0.29) is 4.90 Å². The molecule has 0 aliphatic heterocycles. The van der Waals surface area contributed by atoms with Gasteiger partial charge in [0.1, 0.15) is 5.75 Å². The molecule has 0 radical (unpaired) electrons. The highest BCUT2D eigenvalue weighted by molar-refractivity contribution is 7.89. The second kappa shape index (κ2) is 9.25. The van der Waals surface area contributed by atoms with E-state index in [1.54, 1.807) is 12.1 Å². The first-order chi connectivity index (χ1) is 14.0. The summed E-state index contributed by atoms with van der Waals surface area (Å²) >= 11 is 0. The lowest BCUT2D eigenvalue weighted by Gasteiger charge is -2.19. The van der Waals surface area contributed by atoms with Gasteiger partial charge >= 0.3 is 0 Å². The van der Waals surface area contributed by atoms with Crippen molar-refractivity contribution in [1.82, 2.24) is 4.83 Å². The predicted octanol–water partition coefficient (Wildman–Crippen LogP) is 4.17. The molecule has 150 valence electrons. The molecule has 0 fully saturated rings. The molecule has 0 unspecified atom stereocenters. The van der Waals surface area contributed by atoms with Gasteiger partial charge in [0.25, 0.3) is 10.0 Å². The van der Waals surface area contributed by atoms with Crippen LogP contribution in [-0.2, 0) is 10.0 Å². The van der Waals surface area contributed by atoms with Gasteiger partial charge in [-0.05, 0) is 61.0 Å². The van der Waals surface area contributed by atoms with Gasteiger partial charge in [0.2, 0.25) is 0 Å². The summed E-state index contributed by atoms with van der Waals surface area (Å²) < 4.78 is 30.0. The number of benzene rings is 3. The number of nitrogens with one attached hydrogen (secondary N) is 1. The smallest absolute Gasteiger partial charge is 0.276 e. The number of nitrogens with zero attached hydrogens (tertiary/aromatic N) is 2. The van der Waals surface area contributed by atoms with Gasteiger partial charge in [0.15, 0.2) is 0 Å². The topological polar surface area (TPSA) is 71.0 Å². The van der Waals surface area contributed by atoms with Gasteiger partial charge in [-0.2, -0.15) is 13.5 Å². The third-order valence-corrected chi connectivity index (χ3v) is 5.49. The molecule has 0 saturated heterocycles. The molecule has 7 heteroatoms. The van der Waals surface area contributed by atoms with E-state index in [2.05, 4.69) is 14.8 Å². The molecule has 0 aliphatic rings. The van der Waals surface area contributed by atoms with Gasteiger partial charge < -0.3 is 9.64 Å². The number of para-hydroxylation sites is 1. The molecule has 0 spiro atoms. The number of hydrogen-bond donors (Lipinski definition) is 1. The fourth-order valence-corrected chi connectivity index (χ4v) is 3.48. The Morgan fingerprint density at radius 3 is 2.17 bits per heavy atom. The SMILES string of the molecule is CCOc1ccc(S(=O)(=O)N/N=C/c2ccc(N(C)c3ccccc3)cc2)cc1. The highest BCUT2D eigenvalue weighted by Gasteiger charge is 2.12. The number of ether oxygens (including phenoxy) is 1. The average Bonchev–Trinajstić information content (AvgIpc) is 2.75. The fourth-order valence-electron chi connectivity index (χ4n) is 2.69. The Balaban J connectivity index is 1.64. The van der Waals surface area contributed by atoms with Crippen molar-refractivity contribution in [3.63, 3.8) is 0 Å². The van der Waals surface area contributed by atoms with Crippen LogP contribution in [0, 0.1) is 0 Å². The number of anilines is 2. The van der Waals surface area contributed by atoms with Crippen molar-refractivity contribution in [2.75, 3.05) is 18.6 Å². The van der Waals surface area contributed by atoms with Crippen LogP contribution in [0.15, 0.2) is 88.9 Å². The van der Waals surface area contributed by atoms with Crippen molar-refractivity contribution >= 4 is 27.6 Å². The summed E-state index contributed by atoms with van der Waals surface area (Å²) in [5, 5.41) is 3.87. The second-order valence-corrected chi connectivity index (χ2v) is 7.90. The molecule has 3 aromatic carbocycles. The van der Waals surface area contributed by atoms with E-state index in [9.17, 15) is 8.42 Å². The minimum atomic E-state index is -3.73. The Kier molecular flexibility index (Phi) is 6.51. The Labute approximate surface area is 171 Å².